The third-order valence-corrected chi connectivity index (χ3v) is 4.68. The van der Waals surface area contributed by atoms with Gasteiger partial charge in [-0.05, 0) is 25.3 Å². The fourth-order valence-corrected chi connectivity index (χ4v) is 3.08. The van der Waals surface area contributed by atoms with Crippen molar-refractivity contribution in [3.05, 3.63) is 36.5 Å². The van der Waals surface area contributed by atoms with Crippen molar-refractivity contribution < 1.29 is 9.59 Å². The highest BCUT2D eigenvalue weighted by molar-refractivity contribution is 7.98. The van der Waals surface area contributed by atoms with Crippen molar-refractivity contribution in [2.24, 2.45) is 0 Å². The maximum Gasteiger partial charge on any atom is 0.323 e. The van der Waals surface area contributed by atoms with Gasteiger partial charge in [0.1, 0.15) is 6.04 Å². The summed E-state index contributed by atoms with van der Waals surface area (Å²) in [5, 5.41) is 10.0. The van der Waals surface area contributed by atoms with Crippen molar-refractivity contribution in [2.45, 2.75) is 17.9 Å². The molecule has 2 N–H and O–H groups in total. The molecule has 24 heavy (non-hydrogen) atoms. The summed E-state index contributed by atoms with van der Waals surface area (Å²) in [7, 11) is 0. The number of aromatic nitrogens is 2. The molecule has 0 unspecified atom stereocenters. The fourth-order valence-electron chi connectivity index (χ4n) is 2.60. The number of hydrogen-bond acceptors (Lipinski definition) is 4. The molecule has 3 amide bonds. The maximum absolute atomic E-state index is 12.7. The van der Waals surface area contributed by atoms with Gasteiger partial charge in [0.25, 0.3) is 0 Å². The Kier molecular flexibility index (Phi) is 4.75. The van der Waals surface area contributed by atoms with Crippen LogP contribution < -0.4 is 10.6 Å². The minimum Gasteiger partial charge on any atom is -0.353 e. The predicted octanol–water partition coefficient (Wildman–Crippen LogP) is 1.95. The van der Waals surface area contributed by atoms with Crippen molar-refractivity contribution in [2.75, 3.05) is 24.7 Å². The van der Waals surface area contributed by atoms with Gasteiger partial charge >= 0.3 is 6.03 Å². The molecule has 1 aromatic heterocycles. The minimum atomic E-state index is -0.496. The highest BCUT2D eigenvalue weighted by Gasteiger charge is 2.30. The number of hydrogen-bond donors (Lipinski definition) is 2. The van der Waals surface area contributed by atoms with Crippen LogP contribution in [0.15, 0.2) is 41.4 Å². The van der Waals surface area contributed by atoms with Gasteiger partial charge in [0.15, 0.2) is 5.82 Å². The molecule has 1 fully saturated rings. The number of amides is 3. The number of anilines is 1. The Hall–Kier alpha value is -2.48. The van der Waals surface area contributed by atoms with Crippen LogP contribution in [-0.2, 0) is 4.79 Å². The zero-order chi connectivity index (χ0) is 17.1. The molecular weight excluding hydrogens is 326 g/mol. The second-order valence-electron chi connectivity index (χ2n) is 5.40. The highest BCUT2D eigenvalue weighted by atomic mass is 32.2. The molecule has 2 aromatic rings. The van der Waals surface area contributed by atoms with Gasteiger partial charge in [-0.2, -0.15) is 5.10 Å². The van der Waals surface area contributed by atoms with Crippen LogP contribution in [-0.4, -0.2) is 52.0 Å². The average Bonchev–Trinajstić information content (AvgIpc) is 3.00. The summed E-state index contributed by atoms with van der Waals surface area (Å²) < 4.78 is 1.69. The Morgan fingerprint density at radius 2 is 2.12 bits per heavy atom. The quantitative estimate of drug-likeness (QED) is 0.834. The minimum absolute atomic E-state index is 0.141. The van der Waals surface area contributed by atoms with Crippen LogP contribution in [0.25, 0.3) is 5.69 Å². The lowest BCUT2D eigenvalue weighted by molar-refractivity contribution is -0.126. The SMILES string of the molecule is CSc1cnn(-c2ccccc2)c1NC(=O)N1CCNC(=O)[C@H]1C. The van der Waals surface area contributed by atoms with Gasteiger partial charge < -0.3 is 10.2 Å². The summed E-state index contributed by atoms with van der Waals surface area (Å²) in [5.74, 6) is 0.468. The first kappa shape index (κ1) is 16.4. The van der Waals surface area contributed by atoms with E-state index >= 15 is 0 Å². The smallest absolute Gasteiger partial charge is 0.323 e. The van der Waals surface area contributed by atoms with Gasteiger partial charge in [0.05, 0.1) is 16.8 Å². The number of benzene rings is 1. The van der Waals surface area contributed by atoms with E-state index in [1.807, 2.05) is 36.6 Å². The third kappa shape index (κ3) is 3.09. The number of nitrogens with zero attached hydrogens (tertiary/aromatic N) is 3. The van der Waals surface area contributed by atoms with Gasteiger partial charge in [-0.15, -0.1) is 11.8 Å². The molecule has 3 rings (SSSR count). The normalized spacial score (nSPS) is 17.5. The van der Waals surface area contributed by atoms with E-state index in [2.05, 4.69) is 15.7 Å². The molecule has 1 atom stereocenters. The van der Waals surface area contributed by atoms with Crippen LogP contribution in [0.4, 0.5) is 10.6 Å². The van der Waals surface area contributed by atoms with Gasteiger partial charge in [-0.25, -0.2) is 9.48 Å². The van der Waals surface area contributed by atoms with Crippen molar-refractivity contribution in [3.8, 4) is 5.69 Å². The Morgan fingerprint density at radius 1 is 1.38 bits per heavy atom. The number of piperazine rings is 1. The Labute approximate surface area is 144 Å². The maximum atomic E-state index is 12.7. The van der Waals surface area contributed by atoms with E-state index in [0.29, 0.717) is 18.9 Å². The van der Waals surface area contributed by atoms with Crippen molar-refractivity contribution in [1.29, 1.82) is 0 Å². The molecule has 1 aliphatic rings. The summed E-state index contributed by atoms with van der Waals surface area (Å²) >= 11 is 1.51. The number of carbonyl (C=O) groups excluding carboxylic acids is 2. The summed E-state index contributed by atoms with van der Waals surface area (Å²) in [4.78, 5) is 26.8. The first-order valence-electron chi connectivity index (χ1n) is 7.64. The van der Waals surface area contributed by atoms with E-state index in [-0.39, 0.29) is 11.9 Å². The highest BCUT2D eigenvalue weighted by Crippen LogP contribution is 2.28. The summed E-state index contributed by atoms with van der Waals surface area (Å²) in [5.41, 5.74) is 0.859. The standard InChI is InChI=1S/C16H19N5O2S/c1-11-15(22)17-8-9-20(11)16(23)19-14-13(24-2)10-18-21(14)12-6-4-3-5-7-12/h3-7,10-11H,8-9H2,1-2H3,(H,17,22)(H,19,23)/t11-/m1/s1. The van der Waals surface area contributed by atoms with Crippen molar-refractivity contribution >= 4 is 29.5 Å². The fraction of sp³-hybridized carbons (Fsp3) is 0.312. The number of thioether (sulfide) groups is 1. The number of para-hydroxylation sites is 1. The number of urea groups is 1. The topological polar surface area (TPSA) is 79.3 Å². The molecule has 126 valence electrons. The second kappa shape index (κ2) is 6.96. The number of rotatable bonds is 3. The van der Waals surface area contributed by atoms with E-state index < -0.39 is 6.04 Å². The predicted molar refractivity (Wildman–Crippen MR) is 93.5 cm³/mol. The molecule has 8 heteroatoms. The van der Waals surface area contributed by atoms with Gasteiger partial charge in [0.2, 0.25) is 5.91 Å². The molecule has 0 spiro atoms. The van der Waals surface area contributed by atoms with Crippen molar-refractivity contribution in [1.82, 2.24) is 20.0 Å². The molecule has 7 nitrogen and oxygen atoms in total. The van der Waals surface area contributed by atoms with E-state index in [0.717, 1.165) is 10.6 Å². The van der Waals surface area contributed by atoms with Crippen LogP contribution in [0.3, 0.4) is 0 Å². The summed E-state index contributed by atoms with van der Waals surface area (Å²) in [6.07, 6.45) is 3.65. The molecule has 2 heterocycles. The average molecular weight is 345 g/mol. The Balaban J connectivity index is 1.88. The Bertz CT molecular complexity index is 746. The Morgan fingerprint density at radius 3 is 2.83 bits per heavy atom. The molecule has 0 bridgehead atoms. The van der Waals surface area contributed by atoms with Crippen molar-refractivity contribution in [3.63, 3.8) is 0 Å². The third-order valence-electron chi connectivity index (χ3n) is 3.94. The van der Waals surface area contributed by atoms with Gasteiger partial charge in [-0.3, -0.25) is 10.1 Å². The second-order valence-corrected chi connectivity index (χ2v) is 6.25. The largest absolute Gasteiger partial charge is 0.353 e. The lowest BCUT2D eigenvalue weighted by atomic mass is 10.2. The molecule has 1 aliphatic heterocycles. The summed E-state index contributed by atoms with van der Waals surface area (Å²) in [6.45, 7) is 2.66. The zero-order valence-corrected chi connectivity index (χ0v) is 14.3. The number of nitrogens with one attached hydrogen (secondary N) is 2. The van der Waals surface area contributed by atoms with E-state index in [4.69, 9.17) is 0 Å². The molecule has 0 saturated carbocycles. The molecule has 1 saturated heterocycles. The first-order valence-corrected chi connectivity index (χ1v) is 8.87. The lowest BCUT2D eigenvalue weighted by Crippen LogP contribution is -2.57. The number of carbonyl (C=O) groups is 2. The molecule has 0 aliphatic carbocycles. The zero-order valence-electron chi connectivity index (χ0n) is 13.5. The van der Waals surface area contributed by atoms with Gasteiger partial charge in [0, 0.05) is 13.1 Å². The molecule has 0 radical (unpaired) electrons. The van der Waals surface area contributed by atoms with Crippen LogP contribution in [0.5, 0.6) is 0 Å². The monoisotopic (exact) mass is 345 g/mol. The summed E-state index contributed by atoms with van der Waals surface area (Å²) in [6, 6.07) is 8.80. The first-order chi connectivity index (χ1) is 11.6. The van der Waals surface area contributed by atoms with E-state index in [9.17, 15) is 9.59 Å². The molecule has 1 aromatic carbocycles. The van der Waals surface area contributed by atoms with Crippen LogP contribution in [0, 0.1) is 0 Å². The molecular formula is C16H19N5O2S. The van der Waals surface area contributed by atoms with Gasteiger partial charge in [-0.1, -0.05) is 18.2 Å². The van der Waals surface area contributed by atoms with Crippen LogP contribution >= 0.6 is 11.8 Å². The van der Waals surface area contributed by atoms with E-state index in [1.165, 1.54) is 16.7 Å². The lowest BCUT2D eigenvalue weighted by Gasteiger charge is -2.32. The van der Waals surface area contributed by atoms with Crippen LogP contribution in [0.1, 0.15) is 6.92 Å². The van der Waals surface area contributed by atoms with Crippen LogP contribution in [0.2, 0.25) is 0 Å². The van der Waals surface area contributed by atoms with E-state index in [1.54, 1.807) is 17.8 Å².